The fourth-order valence-electron chi connectivity index (χ4n) is 1.38. The Hall–Kier alpha value is -0.630. The Morgan fingerprint density at radius 1 is 1.67 bits per heavy atom. The average molecular weight is 168 g/mol. The Kier molecular flexibility index (Phi) is 3.48. The second kappa shape index (κ2) is 4.41. The van der Waals surface area contributed by atoms with E-state index in [9.17, 15) is 4.79 Å². The van der Waals surface area contributed by atoms with Crippen LogP contribution in [0.2, 0.25) is 0 Å². The zero-order valence-electron chi connectivity index (χ0n) is 7.64. The Balaban J connectivity index is 2.16. The molecule has 2 heteroatoms. The summed E-state index contributed by atoms with van der Waals surface area (Å²) in [6.45, 7) is 6.24. The predicted molar refractivity (Wildman–Crippen MR) is 48.0 cm³/mol. The second-order valence-electron chi connectivity index (χ2n) is 3.38. The zero-order valence-corrected chi connectivity index (χ0v) is 7.64. The van der Waals surface area contributed by atoms with Crippen molar-refractivity contribution in [3.63, 3.8) is 0 Å². The molecule has 0 aromatic heterocycles. The van der Waals surface area contributed by atoms with Crippen LogP contribution in [0, 0.1) is 0 Å². The highest BCUT2D eigenvalue weighted by Gasteiger charge is 2.16. The van der Waals surface area contributed by atoms with Gasteiger partial charge in [0.25, 0.3) is 0 Å². The maximum absolute atomic E-state index is 11.1. The van der Waals surface area contributed by atoms with E-state index in [1.807, 2.05) is 0 Å². The first-order chi connectivity index (χ1) is 5.70. The summed E-state index contributed by atoms with van der Waals surface area (Å²) in [5, 5.41) is 0. The minimum atomic E-state index is 0.172. The SMILES string of the molecule is C=C(C)C(=O)CCC1CCCO1. The molecule has 0 aromatic rings. The molecule has 0 amide bonds. The molecule has 1 aliphatic rings. The van der Waals surface area contributed by atoms with Crippen LogP contribution in [0.3, 0.4) is 0 Å². The van der Waals surface area contributed by atoms with Crippen molar-refractivity contribution < 1.29 is 9.53 Å². The van der Waals surface area contributed by atoms with E-state index in [2.05, 4.69) is 6.58 Å². The van der Waals surface area contributed by atoms with Gasteiger partial charge in [-0.2, -0.15) is 0 Å². The Bertz CT molecular complexity index is 178. The van der Waals surface area contributed by atoms with Crippen LogP contribution in [-0.4, -0.2) is 18.5 Å². The summed E-state index contributed by atoms with van der Waals surface area (Å²) >= 11 is 0. The number of ether oxygens (including phenoxy) is 1. The van der Waals surface area contributed by atoms with Crippen molar-refractivity contribution in [3.8, 4) is 0 Å². The third kappa shape index (κ3) is 2.78. The Labute approximate surface area is 73.6 Å². The molecule has 0 saturated carbocycles. The van der Waals surface area contributed by atoms with Crippen molar-refractivity contribution in [2.45, 2.75) is 38.7 Å². The summed E-state index contributed by atoms with van der Waals surface area (Å²) in [5.41, 5.74) is 0.660. The highest BCUT2D eigenvalue weighted by Crippen LogP contribution is 2.17. The molecule has 0 radical (unpaired) electrons. The van der Waals surface area contributed by atoms with Crippen LogP contribution in [0.4, 0.5) is 0 Å². The van der Waals surface area contributed by atoms with E-state index >= 15 is 0 Å². The standard InChI is InChI=1S/C10H16O2/c1-8(2)10(11)6-5-9-4-3-7-12-9/h9H,1,3-7H2,2H3. The van der Waals surface area contributed by atoms with Gasteiger partial charge in [0.1, 0.15) is 0 Å². The molecule has 1 fully saturated rings. The quantitative estimate of drug-likeness (QED) is 0.601. The molecule has 68 valence electrons. The van der Waals surface area contributed by atoms with Crippen LogP contribution in [0.15, 0.2) is 12.2 Å². The summed E-state index contributed by atoms with van der Waals surface area (Å²) in [5.74, 6) is 0.172. The number of ketones is 1. The number of hydrogen-bond acceptors (Lipinski definition) is 2. The van der Waals surface area contributed by atoms with Crippen LogP contribution in [0.5, 0.6) is 0 Å². The van der Waals surface area contributed by atoms with E-state index in [1.165, 1.54) is 0 Å². The molecule has 0 bridgehead atoms. The lowest BCUT2D eigenvalue weighted by atomic mass is 10.1. The van der Waals surface area contributed by atoms with Gasteiger partial charge in [0.2, 0.25) is 0 Å². The molecule has 0 aliphatic carbocycles. The van der Waals surface area contributed by atoms with Crippen molar-refractivity contribution in [2.24, 2.45) is 0 Å². The van der Waals surface area contributed by atoms with Gasteiger partial charge >= 0.3 is 0 Å². The van der Waals surface area contributed by atoms with Gasteiger partial charge in [0, 0.05) is 13.0 Å². The van der Waals surface area contributed by atoms with Crippen molar-refractivity contribution >= 4 is 5.78 Å². The molecule has 1 aliphatic heterocycles. The predicted octanol–water partition coefficient (Wildman–Crippen LogP) is 2.09. The summed E-state index contributed by atoms with van der Waals surface area (Å²) in [4.78, 5) is 11.1. The summed E-state index contributed by atoms with van der Waals surface area (Å²) in [6.07, 6.45) is 4.05. The number of hydrogen-bond donors (Lipinski definition) is 0. The van der Waals surface area contributed by atoms with Gasteiger partial charge < -0.3 is 4.74 Å². The van der Waals surface area contributed by atoms with Gasteiger partial charge in [0.15, 0.2) is 5.78 Å². The minimum Gasteiger partial charge on any atom is -0.378 e. The first-order valence-corrected chi connectivity index (χ1v) is 4.50. The number of carbonyl (C=O) groups excluding carboxylic acids is 1. The monoisotopic (exact) mass is 168 g/mol. The van der Waals surface area contributed by atoms with E-state index < -0.39 is 0 Å². The summed E-state index contributed by atoms with van der Waals surface area (Å²) in [6, 6.07) is 0. The first-order valence-electron chi connectivity index (χ1n) is 4.50. The lowest BCUT2D eigenvalue weighted by molar-refractivity contribution is -0.116. The largest absolute Gasteiger partial charge is 0.378 e. The fraction of sp³-hybridized carbons (Fsp3) is 0.700. The smallest absolute Gasteiger partial charge is 0.158 e. The van der Waals surface area contributed by atoms with Crippen LogP contribution in [0.25, 0.3) is 0 Å². The van der Waals surface area contributed by atoms with Gasteiger partial charge in [-0.15, -0.1) is 0 Å². The number of carbonyl (C=O) groups is 1. The van der Waals surface area contributed by atoms with Crippen molar-refractivity contribution in [3.05, 3.63) is 12.2 Å². The van der Waals surface area contributed by atoms with Gasteiger partial charge in [-0.25, -0.2) is 0 Å². The molecule has 1 unspecified atom stereocenters. The fourth-order valence-corrected chi connectivity index (χ4v) is 1.38. The van der Waals surface area contributed by atoms with Crippen LogP contribution < -0.4 is 0 Å². The molecule has 1 saturated heterocycles. The topological polar surface area (TPSA) is 26.3 Å². The lowest BCUT2D eigenvalue weighted by Gasteiger charge is -2.07. The van der Waals surface area contributed by atoms with Crippen LogP contribution in [-0.2, 0) is 9.53 Å². The van der Waals surface area contributed by atoms with E-state index in [4.69, 9.17) is 4.74 Å². The number of Topliss-reactive ketones (excluding diaryl/α,β-unsaturated/α-hetero) is 1. The van der Waals surface area contributed by atoms with E-state index in [0.29, 0.717) is 18.1 Å². The van der Waals surface area contributed by atoms with Crippen molar-refractivity contribution in [1.82, 2.24) is 0 Å². The van der Waals surface area contributed by atoms with Gasteiger partial charge in [-0.3, -0.25) is 4.79 Å². The maximum atomic E-state index is 11.1. The van der Waals surface area contributed by atoms with Crippen LogP contribution in [0.1, 0.15) is 32.6 Å². The summed E-state index contributed by atoms with van der Waals surface area (Å²) in [7, 11) is 0. The zero-order chi connectivity index (χ0) is 8.97. The average Bonchev–Trinajstić information content (AvgIpc) is 2.51. The Morgan fingerprint density at radius 2 is 2.42 bits per heavy atom. The molecule has 0 aromatic carbocycles. The molecule has 0 spiro atoms. The van der Waals surface area contributed by atoms with E-state index in [0.717, 1.165) is 25.9 Å². The molecular formula is C10H16O2. The van der Waals surface area contributed by atoms with E-state index in [1.54, 1.807) is 6.92 Å². The molecule has 2 nitrogen and oxygen atoms in total. The molecule has 1 atom stereocenters. The normalized spacial score (nSPS) is 22.6. The molecule has 0 N–H and O–H groups in total. The lowest BCUT2D eigenvalue weighted by Crippen LogP contribution is -2.08. The number of rotatable bonds is 4. The van der Waals surface area contributed by atoms with Crippen LogP contribution >= 0.6 is 0 Å². The maximum Gasteiger partial charge on any atom is 0.158 e. The first kappa shape index (κ1) is 9.46. The third-order valence-corrected chi connectivity index (χ3v) is 2.19. The van der Waals surface area contributed by atoms with Crippen molar-refractivity contribution in [2.75, 3.05) is 6.61 Å². The third-order valence-electron chi connectivity index (χ3n) is 2.19. The summed E-state index contributed by atoms with van der Waals surface area (Å²) < 4.78 is 5.40. The van der Waals surface area contributed by atoms with Crippen molar-refractivity contribution in [1.29, 1.82) is 0 Å². The number of allylic oxidation sites excluding steroid dienone is 1. The van der Waals surface area contributed by atoms with E-state index in [-0.39, 0.29) is 5.78 Å². The molecular weight excluding hydrogens is 152 g/mol. The molecule has 1 heterocycles. The highest BCUT2D eigenvalue weighted by atomic mass is 16.5. The molecule has 1 rings (SSSR count). The molecule has 12 heavy (non-hydrogen) atoms. The minimum absolute atomic E-state index is 0.172. The van der Waals surface area contributed by atoms with Gasteiger partial charge in [-0.1, -0.05) is 6.58 Å². The highest BCUT2D eigenvalue weighted by molar-refractivity contribution is 5.94. The Morgan fingerprint density at radius 3 is 2.92 bits per heavy atom. The van der Waals surface area contributed by atoms with Gasteiger partial charge in [0.05, 0.1) is 6.10 Å². The second-order valence-corrected chi connectivity index (χ2v) is 3.38. The van der Waals surface area contributed by atoms with Gasteiger partial charge in [-0.05, 0) is 31.8 Å².